The van der Waals surface area contributed by atoms with Crippen molar-refractivity contribution >= 4 is 5.91 Å². The fourth-order valence-corrected chi connectivity index (χ4v) is 2.34. The molecule has 2 saturated carbocycles. The number of carbonyl (C=O) groups is 1. The number of rotatable bonds is 8. The standard InChI is InChI=1S/C14H26N2O/c1-11(3-2-8-15)14(17)16(9-12-4-5-12)10-13-6-7-13/h11-13H,2-10,15H2,1H3. The second-order valence-electron chi connectivity index (χ2n) is 5.96. The fraction of sp³-hybridized carbons (Fsp3) is 0.929. The molecule has 98 valence electrons. The highest BCUT2D eigenvalue weighted by atomic mass is 16.2. The van der Waals surface area contributed by atoms with Crippen molar-refractivity contribution in [2.24, 2.45) is 23.5 Å². The molecule has 17 heavy (non-hydrogen) atoms. The Hall–Kier alpha value is -0.570. The molecule has 0 aromatic carbocycles. The van der Waals surface area contributed by atoms with Gasteiger partial charge in [0.15, 0.2) is 0 Å². The minimum Gasteiger partial charge on any atom is -0.342 e. The van der Waals surface area contributed by atoms with E-state index in [1.54, 1.807) is 0 Å². The van der Waals surface area contributed by atoms with Crippen molar-refractivity contribution in [2.75, 3.05) is 19.6 Å². The maximum atomic E-state index is 12.4. The van der Waals surface area contributed by atoms with Crippen LogP contribution in [0.1, 0.15) is 45.4 Å². The Morgan fingerprint density at radius 1 is 1.24 bits per heavy atom. The van der Waals surface area contributed by atoms with E-state index in [2.05, 4.69) is 11.8 Å². The van der Waals surface area contributed by atoms with E-state index in [0.29, 0.717) is 12.5 Å². The Kier molecular flexibility index (Phi) is 4.43. The zero-order valence-electron chi connectivity index (χ0n) is 11.0. The van der Waals surface area contributed by atoms with Gasteiger partial charge in [0.25, 0.3) is 0 Å². The first-order chi connectivity index (χ1) is 8.20. The number of nitrogens with zero attached hydrogens (tertiary/aromatic N) is 1. The SMILES string of the molecule is CC(CCCN)C(=O)N(CC1CC1)CC1CC1. The van der Waals surface area contributed by atoms with Gasteiger partial charge >= 0.3 is 0 Å². The summed E-state index contributed by atoms with van der Waals surface area (Å²) >= 11 is 0. The first kappa shape index (κ1) is 12.9. The summed E-state index contributed by atoms with van der Waals surface area (Å²) in [6.07, 6.45) is 7.21. The molecular formula is C14H26N2O. The van der Waals surface area contributed by atoms with Crippen molar-refractivity contribution in [2.45, 2.75) is 45.4 Å². The third kappa shape index (κ3) is 4.30. The minimum atomic E-state index is 0.163. The van der Waals surface area contributed by atoms with Crippen molar-refractivity contribution in [3.63, 3.8) is 0 Å². The Balaban J connectivity index is 1.80. The van der Waals surface area contributed by atoms with Crippen molar-refractivity contribution < 1.29 is 4.79 Å². The molecule has 2 aliphatic carbocycles. The lowest BCUT2D eigenvalue weighted by Crippen LogP contribution is -2.38. The maximum Gasteiger partial charge on any atom is 0.225 e. The van der Waals surface area contributed by atoms with Crippen LogP contribution in [0.25, 0.3) is 0 Å². The van der Waals surface area contributed by atoms with E-state index in [1.807, 2.05) is 0 Å². The van der Waals surface area contributed by atoms with E-state index in [0.717, 1.165) is 37.8 Å². The van der Waals surface area contributed by atoms with E-state index in [9.17, 15) is 4.79 Å². The summed E-state index contributed by atoms with van der Waals surface area (Å²) in [6.45, 7) is 4.79. The van der Waals surface area contributed by atoms with Crippen LogP contribution in [0.2, 0.25) is 0 Å². The third-order valence-electron chi connectivity index (χ3n) is 3.93. The van der Waals surface area contributed by atoms with Gasteiger partial charge in [-0.15, -0.1) is 0 Å². The highest BCUT2D eigenvalue weighted by Gasteiger charge is 2.32. The second kappa shape index (κ2) is 5.85. The molecule has 2 rings (SSSR count). The summed E-state index contributed by atoms with van der Waals surface area (Å²) in [4.78, 5) is 14.5. The molecule has 0 heterocycles. The average Bonchev–Trinajstić information content (AvgIpc) is 3.18. The van der Waals surface area contributed by atoms with Gasteiger partial charge in [0.1, 0.15) is 0 Å². The molecule has 3 nitrogen and oxygen atoms in total. The predicted molar refractivity (Wildman–Crippen MR) is 69.5 cm³/mol. The number of hydrogen-bond donors (Lipinski definition) is 1. The molecule has 3 heteroatoms. The lowest BCUT2D eigenvalue weighted by molar-refractivity contribution is -0.135. The molecule has 0 bridgehead atoms. The van der Waals surface area contributed by atoms with E-state index >= 15 is 0 Å². The van der Waals surface area contributed by atoms with Crippen LogP contribution in [0.3, 0.4) is 0 Å². The lowest BCUT2D eigenvalue weighted by Gasteiger charge is -2.26. The molecule has 0 aliphatic heterocycles. The van der Waals surface area contributed by atoms with Crippen LogP contribution >= 0.6 is 0 Å². The van der Waals surface area contributed by atoms with E-state index in [1.165, 1.54) is 25.7 Å². The van der Waals surface area contributed by atoms with Gasteiger partial charge in [-0.25, -0.2) is 0 Å². The normalized spacial score (nSPS) is 21.3. The Morgan fingerprint density at radius 2 is 1.76 bits per heavy atom. The Bertz CT molecular complexity index is 245. The summed E-state index contributed by atoms with van der Waals surface area (Å²) in [6, 6.07) is 0. The van der Waals surface area contributed by atoms with Crippen LogP contribution in [-0.2, 0) is 4.79 Å². The molecule has 0 spiro atoms. The van der Waals surface area contributed by atoms with Gasteiger partial charge < -0.3 is 10.6 Å². The highest BCUT2D eigenvalue weighted by molar-refractivity contribution is 5.78. The molecule has 1 amide bonds. The van der Waals surface area contributed by atoms with E-state index < -0.39 is 0 Å². The molecule has 2 aliphatic rings. The summed E-state index contributed by atoms with van der Waals surface area (Å²) in [7, 11) is 0. The van der Waals surface area contributed by atoms with Gasteiger partial charge in [0.05, 0.1) is 0 Å². The van der Waals surface area contributed by atoms with Crippen molar-refractivity contribution in [3.8, 4) is 0 Å². The third-order valence-corrected chi connectivity index (χ3v) is 3.93. The zero-order chi connectivity index (χ0) is 12.3. The Labute approximate surface area is 105 Å². The van der Waals surface area contributed by atoms with Gasteiger partial charge in [0.2, 0.25) is 5.91 Å². The molecule has 0 aromatic heterocycles. The molecule has 0 saturated heterocycles. The van der Waals surface area contributed by atoms with Gasteiger partial charge in [-0.2, -0.15) is 0 Å². The summed E-state index contributed by atoms with van der Waals surface area (Å²) < 4.78 is 0. The van der Waals surface area contributed by atoms with Gasteiger partial charge in [-0.05, 0) is 56.9 Å². The van der Waals surface area contributed by atoms with Crippen LogP contribution in [0, 0.1) is 17.8 Å². The maximum absolute atomic E-state index is 12.4. The molecule has 0 radical (unpaired) electrons. The second-order valence-corrected chi connectivity index (χ2v) is 5.96. The minimum absolute atomic E-state index is 0.163. The molecule has 2 N–H and O–H groups in total. The van der Waals surface area contributed by atoms with Crippen LogP contribution in [0.15, 0.2) is 0 Å². The average molecular weight is 238 g/mol. The van der Waals surface area contributed by atoms with Crippen LogP contribution in [0.5, 0.6) is 0 Å². The van der Waals surface area contributed by atoms with Crippen molar-refractivity contribution in [3.05, 3.63) is 0 Å². The highest BCUT2D eigenvalue weighted by Crippen LogP contribution is 2.34. The molecule has 1 unspecified atom stereocenters. The topological polar surface area (TPSA) is 46.3 Å². The van der Waals surface area contributed by atoms with Crippen LogP contribution in [-0.4, -0.2) is 30.4 Å². The van der Waals surface area contributed by atoms with E-state index in [-0.39, 0.29) is 5.92 Å². The Morgan fingerprint density at radius 3 is 2.18 bits per heavy atom. The van der Waals surface area contributed by atoms with Crippen molar-refractivity contribution in [1.29, 1.82) is 0 Å². The number of nitrogens with two attached hydrogens (primary N) is 1. The van der Waals surface area contributed by atoms with Crippen LogP contribution < -0.4 is 5.73 Å². The van der Waals surface area contributed by atoms with E-state index in [4.69, 9.17) is 5.73 Å². The van der Waals surface area contributed by atoms with Gasteiger partial charge in [-0.1, -0.05) is 6.92 Å². The summed E-state index contributed by atoms with van der Waals surface area (Å²) in [5.41, 5.74) is 5.51. The fourth-order valence-electron chi connectivity index (χ4n) is 2.34. The van der Waals surface area contributed by atoms with Gasteiger partial charge in [0, 0.05) is 19.0 Å². The molecule has 1 atom stereocenters. The van der Waals surface area contributed by atoms with Crippen molar-refractivity contribution in [1.82, 2.24) is 4.90 Å². The first-order valence-corrected chi connectivity index (χ1v) is 7.19. The van der Waals surface area contributed by atoms with Crippen LogP contribution in [0.4, 0.5) is 0 Å². The predicted octanol–water partition coefficient (Wildman–Crippen LogP) is 2.01. The largest absolute Gasteiger partial charge is 0.342 e. The number of amides is 1. The smallest absolute Gasteiger partial charge is 0.225 e. The molecule has 2 fully saturated rings. The van der Waals surface area contributed by atoms with Gasteiger partial charge in [-0.3, -0.25) is 4.79 Å². The molecule has 0 aromatic rings. The summed E-state index contributed by atoms with van der Waals surface area (Å²) in [5, 5.41) is 0. The quantitative estimate of drug-likeness (QED) is 0.703. The zero-order valence-corrected chi connectivity index (χ0v) is 11.0. The monoisotopic (exact) mass is 238 g/mol. The number of carbonyl (C=O) groups excluding carboxylic acids is 1. The number of hydrogen-bond acceptors (Lipinski definition) is 2. The summed E-state index contributed by atoms with van der Waals surface area (Å²) in [5.74, 6) is 2.15. The first-order valence-electron chi connectivity index (χ1n) is 7.19. The molecular weight excluding hydrogens is 212 g/mol. The lowest BCUT2D eigenvalue weighted by atomic mass is 10.0.